The fourth-order valence-corrected chi connectivity index (χ4v) is 3.00. The minimum absolute atomic E-state index is 0.0118. The largest absolute Gasteiger partial charge is 0.454 e. The molecule has 2 aliphatic heterocycles. The van der Waals surface area contributed by atoms with E-state index in [9.17, 15) is 4.79 Å². The van der Waals surface area contributed by atoms with E-state index >= 15 is 0 Å². The van der Waals surface area contributed by atoms with Crippen LogP contribution in [0.1, 0.15) is 12.5 Å². The highest BCUT2D eigenvalue weighted by atomic mass is 16.7. The Morgan fingerprint density at radius 1 is 1.25 bits per heavy atom. The molecule has 2 amide bonds. The molecule has 1 atom stereocenters. The van der Waals surface area contributed by atoms with Gasteiger partial charge in [0, 0.05) is 39.8 Å². The molecule has 7 heteroatoms. The van der Waals surface area contributed by atoms with Crippen molar-refractivity contribution in [2.75, 3.05) is 46.7 Å². The summed E-state index contributed by atoms with van der Waals surface area (Å²) in [5, 5.41) is 2.96. The molecule has 1 aromatic carbocycles. The molecule has 24 heavy (non-hydrogen) atoms. The first kappa shape index (κ1) is 16.9. The molecular formula is C17H25N3O4. The molecule has 1 saturated heterocycles. The first-order valence-corrected chi connectivity index (χ1v) is 8.31. The summed E-state index contributed by atoms with van der Waals surface area (Å²) in [7, 11) is 1.64. The summed E-state index contributed by atoms with van der Waals surface area (Å²) >= 11 is 0. The van der Waals surface area contributed by atoms with Gasteiger partial charge in [-0.15, -0.1) is 0 Å². The lowest BCUT2D eigenvalue weighted by molar-refractivity contribution is 0.126. The maximum absolute atomic E-state index is 12.2. The molecule has 0 saturated carbocycles. The van der Waals surface area contributed by atoms with Crippen LogP contribution in [0, 0.1) is 0 Å². The number of hydrogen-bond donors (Lipinski definition) is 1. The number of carbonyl (C=O) groups is 1. The average Bonchev–Trinajstić information content (AvgIpc) is 3.03. The van der Waals surface area contributed by atoms with Crippen LogP contribution in [0.3, 0.4) is 0 Å². The van der Waals surface area contributed by atoms with E-state index in [1.54, 1.807) is 7.11 Å². The summed E-state index contributed by atoms with van der Waals surface area (Å²) in [6, 6.07) is 6.07. The molecule has 1 aromatic rings. The summed E-state index contributed by atoms with van der Waals surface area (Å²) in [5.74, 6) is 1.63. The Kier molecular flexibility index (Phi) is 5.42. The number of carbonyl (C=O) groups excluding carboxylic acids is 1. The third kappa shape index (κ3) is 4.10. The normalized spacial score (nSPS) is 18.5. The topological polar surface area (TPSA) is 63.3 Å². The molecule has 0 unspecified atom stereocenters. The number of ether oxygens (including phenoxy) is 3. The fraction of sp³-hybridized carbons (Fsp3) is 0.588. The lowest BCUT2D eigenvalue weighted by Gasteiger charge is -2.35. The third-order valence-electron chi connectivity index (χ3n) is 4.29. The lowest BCUT2D eigenvalue weighted by Crippen LogP contribution is -2.53. The van der Waals surface area contributed by atoms with E-state index in [0.717, 1.165) is 44.2 Å². The van der Waals surface area contributed by atoms with Crippen LogP contribution >= 0.6 is 0 Å². The quantitative estimate of drug-likeness (QED) is 0.878. The third-order valence-corrected chi connectivity index (χ3v) is 4.29. The van der Waals surface area contributed by atoms with Gasteiger partial charge in [-0.25, -0.2) is 4.79 Å². The first-order chi connectivity index (χ1) is 11.7. The zero-order chi connectivity index (χ0) is 16.9. The predicted octanol–water partition coefficient (Wildman–Crippen LogP) is 1.28. The van der Waals surface area contributed by atoms with Gasteiger partial charge in [0.1, 0.15) is 0 Å². The van der Waals surface area contributed by atoms with Gasteiger partial charge < -0.3 is 24.4 Å². The Balaban J connectivity index is 1.46. The van der Waals surface area contributed by atoms with Crippen LogP contribution in [-0.2, 0) is 11.3 Å². The number of piperazine rings is 1. The second-order valence-corrected chi connectivity index (χ2v) is 6.26. The summed E-state index contributed by atoms with van der Waals surface area (Å²) in [6.07, 6.45) is 0. The SMILES string of the molecule is COC[C@@H](C)NC(=O)N1CCN(Cc2ccc3c(c2)OCO3)CC1. The summed E-state index contributed by atoms with van der Waals surface area (Å²) in [6.45, 7) is 6.81. The van der Waals surface area contributed by atoms with Gasteiger partial charge in [0.2, 0.25) is 6.79 Å². The number of amides is 2. The monoisotopic (exact) mass is 335 g/mol. The van der Waals surface area contributed by atoms with E-state index in [-0.39, 0.29) is 12.1 Å². The molecule has 132 valence electrons. The van der Waals surface area contributed by atoms with Crippen molar-refractivity contribution in [3.05, 3.63) is 23.8 Å². The van der Waals surface area contributed by atoms with Gasteiger partial charge in [-0.3, -0.25) is 4.90 Å². The van der Waals surface area contributed by atoms with Crippen LogP contribution in [0.25, 0.3) is 0 Å². The number of benzene rings is 1. The second-order valence-electron chi connectivity index (χ2n) is 6.26. The van der Waals surface area contributed by atoms with E-state index < -0.39 is 0 Å². The van der Waals surface area contributed by atoms with Crippen molar-refractivity contribution in [3.8, 4) is 11.5 Å². The van der Waals surface area contributed by atoms with E-state index in [1.807, 2.05) is 24.0 Å². The Morgan fingerprint density at radius 2 is 2.00 bits per heavy atom. The molecule has 3 rings (SSSR count). The predicted molar refractivity (Wildman–Crippen MR) is 89.3 cm³/mol. The van der Waals surface area contributed by atoms with Crippen molar-refractivity contribution in [2.45, 2.75) is 19.5 Å². The van der Waals surface area contributed by atoms with Crippen molar-refractivity contribution in [2.24, 2.45) is 0 Å². The number of nitrogens with zero attached hydrogens (tertiary/aromatic N) is 2. The van der Waals surface area contributed by atoms with Gasteiger partial charge >= 0.3 is 6.03 Å². The van der Waals surface area contributed by atoms with Crippen molar-refractivity contribution in [1.82, 2.24) is 15.1 Å². The number of methoxy groups -OCH3 is 1. The van der Waals surface area contributed by atoms with Crippen molar-refractivity contribution >= 4 is 6.03 Å². The summed E-state index contributed by atoms with van der Waals surface area (Å²) in [5.41, 5.74) is 1.20. The van der Waals surface area contributed by atoms with Crippen LogP contribution < -0.4 is 14.8 Å². The second kappa shape index (κ2) is 7.72. The molecule has 1 N–H and O–H groups in total. The Hall–Kier alpha value is -1.99. The highest BCUT2D eigenvalue weighted by molar-refractivity contribution is 5.74. The van der Waals surface area contributed by atoms with Crippen molar-refractivity contribution in [3.63, 3.8) is 0 Å². The van der Waals surface area contributed by atoms with Crippen LogP contribution in [0.2, 0.25) is 0 Å². The van der Waals surface area contributed by atoms with Gasteiger partial charge in [0.05, 0.1) is 12.6 Å². The van der Waals surface area contributed by atoms with E-state index in [0.29, 0.717) is 13.4 Å². The van der Waals surface area contributed by atoms with Crippen molar-refractivity contribution in [1.29, 1.82) is 0 Å². The molecule has 1 fully saturated rings. The number of hydrogen-bond acceptors (Lipinski definition) is 5. The molecule has 7 nitrogen and oxygen atoms in total. The Labute approximate surface area is 142 Å². The van der Waals surface area contributed by atoms with Gasteiger partial charge in [-0.1, -0.05) is 6.07 Å². The molecular weight excluding hydrogens is 310 g/mol. The molecule has 0 aliphatic carbocycles. The summed E-state index contributed by atoms with van der Waals surface area (Å²) in [4.78, 5) is 16.4. The zero-order valence-electron chi connectivity index (χ0n) is 14.3. The number of fused-ring (bicyclic) bond motifs is 1. The minimum Gasteiger partial charge on any atom is -0.454 e. The standard InChI is InChI=1S/C17H25N3O4/c1-13(11-22-2)18-17(21)20-7-5-19(6-8-20)10-14-3-4-15-16(9-14)24-12-23-15/h3-4,9,13H,5-8,10-12H2,1-2H3,(H,18,21)/t13-/m1/s1. The van der Waals surface area contributed by atoms with Crippen LogP contribution in [0.15, 0.2) is 18.2 Å². The maximum atomic E-state index is 12.2. The van der Waals surface area contributed by atoms with Gasteiger partial charge in [-0.05, 0) is 24.6 Å². The van der Waals surface area contributed by atoms with Crippen LogP contribution in [0.4, 0.5) is 4.79 Å². The van der Waals surface area contributed by atoms with E-state index in [4.69, 9.17) is 14.2 Å². The Bertz CT molecular complexity index is 573. The van der Waals surface area contributed by atoms with Gasteiger partial charge in [0.15, 0.2) is 11.5 Å². The first-order valence-electron chi connectivity index (χ1n) is 8.31. The lowest BCUT2D eigenvalue weighted by atomic mass is 10.1. The summed E-state index contributed by atoms with van der Waals surface area (Å²) < 4.78 is 15.8. The molecule has 0 spiro atoms. The van der Waals surface area contributed by atoms with E-state index in [2.05, 4.69) is 16.3 Å². The molecule has 0 radical (unpaired) electrons. The highest BCUT2D eigenvalue weighted by Crippen LogP contribution is 2.32. The van der Waals surface area contributed by atoms with Gasteiger partial charge in [0.25, 0.3) is 0 Å². The number of nitrogens with one attached hydrogen (secondary N) is 1. The Morgan fingerprint density at radius 3 is 2.75 bits per heavy atom. The maximum Gasteiger partial charge on any atom is 0.317 e. The fourth-order valence-electron chi connectivity index (χ4n) is 3.00. The van der Waals surface area contributed by atoms with Crippen LogP contribution in [-0.4, -0.2) is 68.6 Å². The molecule has 0 bridgehead atoms. The average molecular weight is 335 g/mol. The molecule has 2 heterocycles. The van der Waals surface area contributed by atoms with Crippen molar-refractivity contribution < 1.29 is 19.0 Å². The molecule has 0 aromatic heterocycles. The highest BCUT2D eigenvalue weighted by Gasteiger charge is 2.22. The number of rotatable bonds is 5. The molecule has 2 aliphatic rings. The zero-order valence-corrected chi connectivity index (χ0v) is 14.3. The van der Waals surface area contributed by atoms with Gasteiger partial charge in [-0.2, -0.15) is 0 Å². The smallest absolute Gasteiger partial charge is 0.317 e. The number of urea groups is 1. The minimum atomic E-state index is -0.0118. The van der Waals surface area contributed by atoms with E-state index in [1.165, 1.54) is 5.56 Å². The van der Waals surface area contributed by atoms with Crippen LogP contribution in [0.5, 0.6) is 11.5 Å².